The standard InChI is InChI=1S/C25H27N3O2/c1-20(21-8-4-2-5-9-21)27-16-18-28(19-17-27)25(29)26-22-12-14-24(15-13-22)30-23-10-6-3-7-11-23/h2-15,20H,16-19H2,1H3,(H,26,29). The zero-order valence-corrected chi connectivity index (χ0v) is 17.2. The second-order valence-electron chi connectivity index (χ2n) is 7.48. The summed E-state index contributed by atoms with van der Waals surface area (Å²) in [6.45, 7) is 5.40. The fourth-order valence-corrected chi connectivity index (χ4v) is 3.69. The third kappa shape index (κ3) is 4.99. The van der Waals surface area contributed by atoms with E-state index in [0.29, 0.717) is 6.04 Å². The minimum absolute atomic E-state index is 0.0567. The van der Waals surface area contributed by atoms with Crippen molar-refractivity contribution in [1.82, 2.24) is 9.80 Å². The molecule has 5 heteroatoms. The number of nitrogens with one attached hydrogen (secondary N) is 1. The Balaban J connectivity index is 1.27. The number of carbonyl (C=O) groups excluding carboxylic acids is 1. The number of benzene rings is 3. The minimum atomic E-state index is -0.0567. The molecule has 0 aliphatic carbocycles. The number of nitrogens with zero attached hydrogens (tertiary/aromatic N) is 2. The third-order valence-corrected chi connectivity index (χ3v) is 5.52. The van der Waals surface area contributed by atoms with Crippen LogP contribution in [0.3, 0.4) is 0 Å². The molecule has 0 saturated carbocycles. The molecule has 0 radical (unpaired) electrons. The molecule has 1 fully saturated rings. The van der Waals surface area contributed by atoms with Crippen molar-refractivity contribution in [2.75, 3.05) is 31.5 Å². The van der Waals surface area contributed by atoms with Gasteiger partial charge in [-0.05, 0) is 48.9 Å². The zero-order valence-electron chi connectivity index (χ0n) is 17.2. The van der Waals surface area contributed by atoms with E-state index in [1.807, 2.05) is 65.6 Å². The fourth-order valence-electron chi connectivity index (χ4n) is 3.69. The van der Waals surface area contributed by atoms with Gasteiger partial charge in [-0.1, -0.05) is 48.5 Å². The van der Waals surface area contributed by atoms with Crippen molar-refractivity contribution in [3.63, 3.8) is 0 Å². The second-order valence-corrected chi connectivity index (χ2v) is 7.48. The van der Waals surface area contributed by atoms with E-state index in [-0.39, 0.29) is 6.03 Å². The zero-order chi connectivity index (χ0) is 20.8. The summed E-state index contributed by atoms with van der Waals surface area (Å²) in [5.41, 5.74) is 2.08. The first-order valence-corrected chi connectivity index (χ1v) is 10.4. The molecule has 3 aromatic carbocycles. The lowest BCUT2D eigenvalue weighted by Crippen LogP contribution is -2.50. The Bertz CT molecular complexity index is 937. The lowest BCUT2D eigenvalue weighted by atomic mass is 10.1. The third-order valence-electron chi connectivity index (χ3n) is 5.52. The predicted molar refractivity (Wildman–Crippen MR) is 120 cm³/mol. The largest absolute Gasteiger partial charge is 0.457 e. The Morgan fingerprint density at radius 1 is 0.800 bits per heavy atom. The summed E-state index contributed by atoms with van der Waals surface area (Å²) in [5.74, 6) is 1.53. The molecule has 0 spiro atoms. The number of urea groups is 1. The van der Waals surface area contributed by atoms with Crippen LogP contribution in [0.4, 0.5) is 10.5 Å². The topological polar surface area (TPSA) is 44.8 Å². The van der Waals surface area contributed by atoms with E-state index >= 15 is 0 Å². The summed E-state index contributed by atoms with van der Waals surface area (Å²) >= 11 is 0. The maximum atomic E-state index is 12.7. The number of anilines is 1. The molecule has 1 saturated heterocycles. The molecule has 1 N–H and O–H groups in total. The van der Waals surface area contributed by atoms with Gasteiger partial charge in [0.1, 0.15) is 11.5 Å². The molecule has 4 rings (SSSR count). The second kappa shape index (κ2) is 9.46. The summed E-state index contributed by atoms with van der Waals surface area (Å²) in [4.78, 5) is 17.0. The molecule has 1 heterocycles. The molecule has 154 valence electrons. The number of hydrogen-bond acceptors (Lipinski definition) is 3. The van der Waals surface area contributed by atoms with E-state index in [2.05, 4.69) is 41.4 Å². The van der Waals surface area contributed by atoms with Crippen LogP contribution in [-0.2, 0) is 0 Å². The average Bonchev–Trinajstić information content (AvgIpc) is 2.81. The average molecular weight is 402 g/mol. The van der Waals surface area contributed by atoms with Gasteiger partial charge in [0, 0.05) is 37.9 Å². The molecule has 0 bridgehead atoms. The van der Waals surface area contributed by atoms with Crippen LogP contribution in [-0.4, -0.2) is 42.0 Å². The Labute approximate surface area is 177 Å². The highest BCUT2D eigenvalue weighted by molar-refractivity contribution is 5.89. The van der Waals surface area contributed by atoms with Crippen LogP contribution in [0.25, 0.3) is 0 Å². The molecule has 0 aromatic heterocycles. The molecule has 3 aromatic rings. The van der Waals surface area contributed by atoms with Crippen LogP contribution in [0.15, 0.2) is 84.9 Å². The molecular formula is C25H27N3O2. The van der Waals surface area contributed by atoms with Crippen molar-refractivity contribution >= 4 is 11.7 Å². The quantitative estimate of drug-likeness (QED) is 0.623. The van der Waals surface area contributed by atoms with Crippen LogP contribution < -0.4 is 10.1 Å². The number of amides is 2. The number of piperazine rings is 1. The van der Waals surface area contributed by atoms with Gasteiger partial charge in [-0.3, -0.25) is 4.90 Å². The monoisotopic (exact) mass is 401 g/mol. The van der Waals surface area contributed by atoms with Gasteiger partial charge < -0.3 is 15.0 Å². The van der Waals surface area contributed by atoms with Gasteiger partial charge in [0.2, 0.25) is 0 Å². The summed E-state index contributed by atoms with van der Waals surface area (Å²) in [7, 11) is 0. The van der Waals surface area contributed by atoms with Gasteiger partial charge in [0.25, 0.3) is 0 Å². The molecule has 1 aliphatic heterocycles. The van der Waals surface area contributed by atoms with E-state index in [9.17, 15) is 4.79 Å². The minimum Gasteiger partial charge on any atom is -0.457 e. The highest BCUT2D eigenvalue weighted by atomic mass is 16.5. The van der Waals surface area contributed by atoms with Crippen molar-refractivity contribution in [3.05, 3.63) is 90.5 Å². The van der Waals surface area contributed by atoms with E-state index in [1.54, 1.807) is 0 Å². The van der Waals surface area contributed by atoms with E-state index < -0.39 is 0 Å². The molecule has 1 unspecified atom stereocenters. The van der Waals surface area contributed by atoms with Crippen molar-refractivity contribution in [2.45, 2.75) is 13.0 Å². The first-order valence-electron chi connectivity index (χ1n) is 10.4. The van der Waals surface area contributed by atoms with E-state index in [0.717, 1.165) is 43.4 Å². The summed E-state index contributed by atoms with van der Waals surface area (Å²) in [6.07, 6.45) is 0. The van der Waals surface area contributed by atoms with Crippen LogP contribution in [0.2, 0.25) is 0 Å². The van der Waals surface area contributed by atoms with Crippen LogP contribution >= 0.6 is 0 Å². The van der Waals surface area contributed by atoms with Gasteiger partial charge in [-0.15, -0.1) is 0 Å². The molecule has 2 amide bonds. The first kappa shape index (κ1) is 20.0. The van der Waals surface area contributed by atoms with Crippen molar-refractivity contribution in [3.8, 4) is 11.5 Å². The molecule has 1 atom stereocenters. The Kier molecular flexibility index (Phi) is 6.30. The van der Waals surface area contributed by atoms with Crippen molar-refractivity contribution in [1.29, 1.82) is 0 Å². The highest BCUT2D eigenvalue weighted by Gasteiger charge is 2.24. The van der Waals surface area contributed by atoms with Gasteiger partial charge in [0.05, 0.1) is 0 Å². The lowest BCUT2D eigenvalue weighted by molar-refractivity contribution is 0.119. The van der Waals surface area contributed by atoms with Gasteiger partial charge in [0.15, 0.2) is 0 Å². The molecule has 30 heavy (non-hydrogen) atoms. The maximum Gasteiger partial charge on any atom is 0.321 e. The maximum absolute atomic E-state index is 12.7. The number of carbonyl (C=O) groups is 1. The van der Waals surface area contributed by atoms with Crippen LogP contribution in [0, 0.1) is 0 Å². The number of para-hydroxylation sites is 1. The fraction of sp³-hybridized carbons (Fsp3) is 0.240. The SMILES string of the molecule is CC(c1ccccc1)N1CCN(C(=O)Nc2ccc(Oc3ccccc3)cc2)CC1. The first-order chi connectivity index (χ1) is 14.7. The smallest absolute Gasteiger partial charge is 0.321 e. The normalized spacial score (nSPS) is 15.4. The Hall–Kier alpha value is -3.31. The molecule has 1 aliphatic rings. The number of rotatable bonds is 5. The van der Waals surface area contributed by atoms with Gasteiger partial charge >= 0.3 is 6.03 Å². The van der Waals surface area contributed by atoms with Gasteiger partial charge in [-0.2, -0.15) is 0 Å². The Morgan fingerprint density at radius 2 is 1.37 bits per heavy atom. The molecular weight excluding hydrogens is 374 g/mol. The summed E-state index contributed by atoms with van der Waals surface area (Å²) in [5, 5.41) is 2.99. The molecule has 5 nitrogen and oxygen atoms in total. The predicted octanol–water partition coefficient (Wildman–Crippen LogP) is 5.39. The number of hydrogen-bond donors (Lipinski definition) is 1. The highest BCUT2D eigenvalue weighted by Crippen LogP contribution is 2.24. The summed E-state index contributed by atoms with van der Waals surface area (Å²) in [6, 6.07) is 27.9. The number of ether oxygens (including phenoxy) is 1. The van der Waals surface area contributed by atoms with Crippen molar-refractivity contribution in [2.24, 2.45) is 0 Å². The van der Waals surface area contributed by atoms with Crippen LogP contribution in [0.5, 0.6) is 11.5 Å². The van der Waals surface area contributed by atoms with Gasteiger partial charge in [-0.25, -0.2) is 4.79 Å². The van der Waals surface area contributed by atoms with Crippen LogP contribution in [0.1, 0.15) is 18.5 Å². The Morgan fingerprint density at radius 3 is 2.00 bits per heavy atom. The van der Waals surface area contributed by atoms with E-state index in [4.69, 9.17) is 4.74 Å². The lowest BCUT2D eigenvalue weighted by Gasteiger charge is -2.38. The van der Waals surface area contributed by atoms with Crippen molar-refractivity contribution < 1.29 is 9.53 Å². The summed E-state index contributed by atoms with van der Waals surface area (Å²) < 4.78 is 5.80. The van der Waals surface area contributed by atoms with E-state index in [1.165, 1.54) is 5.56 Å².